The molecular formula is C3H10ClN. The van der Waals surface area contributed by atoms with Gasteiger partial charge in [0.15, 0.2) is 0 Å². The lowest BCUT2D eigenvalue weighted by Crippen LogP contribution is -1.69. The van der Waals surface area contributed by atoms with E-state index < -0.39 is 0 Å². The van der Waals surface area contributed by atoms with Gasteiger partial charge in [-0.3, -0.25) is 0 Å². The third kappa shape index (κ3) is 344. The van der Waals surface area contributed by atoms with Gasteiger partial charge >= 0.3 is 0 Å². The normalized spacial score (nSPS) is 4.80. The predicted molar refractivity (Wildman–Crippen MR) is 26.5 cm³/mol. The summed E-state index contributed by atoms with van der Waals surface area (Å²) in [6.07, 6.45) is 0. The molecule has 0 saturated heterocycles. The molecule has 0 aliphatic heterocycles. The second-order valence-corrected chi connectivity index (χ2v) is 0.802. The summed E-state index contributed by atoms with van der Waals surface area (Å²) in [5.41, 5.74) is 4.50. The first kappa shape index (κ1) is 8.98. The van der Waals surface area contributed by atoms with E-state index in [0.29, 0.717) is 0 Å². The molecule has 0 aromatic carbocycles. The van der Waals surface area contributed by atoms with Crippen LogP contribution in [0, 0.1) is 0 Å². The lowest BCUT2D eigenvalue weighted by Gasteiger charge is -1.45. The Bertz CT molecular complexity index is 6.85. The van der Waals surface area contributed by atoms with E-state index >= 15 is 0 Å². The van der Waals surface area contributed by atoms with Crippen LogP contribution in [0.1, 0.15) is 6.92 Å². The third-order valence-corrected chi connectivity index (χ3v) is 0. The summed E-state index contributed by atoms with van der Waals surface area (Å²) < 4.78 is 0. The first-order chi connectivity index (χ1) is 2.41. The highest BCUT2D eigenvalue weighted by molar-refractivity contribution is 6.17. The van der Waals surface area contributed by atoms with Crippen LogP contribution in [0.4, 0.5) is 0 Å². The van der Waals surface area contributed by atoms with Crippen LogP contribution in [-0.2, 0) is 0 Å². The average Bonchev–Trinajstić information content (AvgIpc) is 1.46. The van der Waals surface area contributed by atoms with E-state index in [0.717, 1.165) is 5.88 Å². The van der Waals surface area contributed by atoms with E-state index in [2.05, 4.69) is 5.73 Å². The number of nitrogens with two attached hydrogens (primary N) is 1. The molecule has 0 spiro atoms. The molecule has 0 heterocycles. The van der Waals surface area contributed by atoms with E-state index in [4.69, 9.17) is 11.6 Å². The van der Waals surface area contributed by atoms with Crippen molar-refractivity contribution >= 4 is 11.6 Å². The smallest absolute Gasteiger partial charge is 0.0195 e. The molecule has 0 atom stereocenters. The van der Waals surface area contributed by atoms with Gasteiger partial charge in [0, 0.05) is 5.88 Å². The Hall–Kier alpha value is 0.250. The number of hydrogen-bond acceptors (Lipinski definition) is 1. The van der Waals surface area contributed by atoms with Gasteiger partial charge in [-0.2, -0.15) is 0 Å². The van der Waals surface area contributed by atoms with Crippen LogP contribution < -0.4 is 5.73 Å². The van der Waals surface area contributed by atoms with Crippen LogP contribution in [0.3, 0.4) is 0 Å². The Morgan fingerprint density at radius 3 is 1.60 bits per heavy atom. The molecule has 0 aliphatic rings. The van der Waals surface area contributed by atoms with Crippen molar-refractivity contribution in [2.24, 2.45) is 5.73 Å². The molecule has 1 nitrogen and oxygen atoms in total. The van der Waals surface area contributed by atoms with Crippen molar-refractivity contribution in [2.75, 3.05) is 12.9 Å². The monoisotopic (exact) mass is 95.1 g/mol. The van der Waals surface area contributed by atoms with Crippen molar-refractivity contribution in [1.82, 2.24) is 0 Å². The highest BCUT2D eigenvalue weighted by Gasteiger charge is 1.38. The molecule has 2 heteroatoms. The molecule has 2 N–H and O–H groups in total. The van der Waals surface area contributed by atoms with Crippen LogP contribution in [0.25, 0.3) is 0 Å². The van der Waals surface area contributed by atoms with Gasteiger partial charge in [-0.25, -0.2) is 0 Å². The molecule has 34 valence electrons. The van der Waals surface area contributed by atoms with Crippen molar-refractivity contribution in [3.63, 3.8) is 0 Å². The average molecular weight is 95.6 g/mol. The van der Waals surface area contributed by atoms with Crippen LogP contribution in [-0.4, -0.2) is 12.9 Å². The minimum absolute atomic E-state index is 0.722. The summed E-state index contributed by atoms with van der Waals surface area (Å²) in [5, 5.41) is 0. The highest BCUT2D eigenvalue weighted by atomic mass is 35.5. The standard InChI is InChI=1S/C2H5Cl.CH5N/c1-2-3;1-2/h2H2,1H3;2H2,1H3. The number of rotatable bonds is 0. The summed E-state index contributed by atoms with van der Waals surface area (Å²) in [5.74, 6) is 0.722. The van der Waals surface area contributed by atoms with Crippen LogP contribution in [0.2, 0.25) is 0 Å². The van der Waals surface area contributed by atoms with Gasteiger partial charge in [0.25, 0.3) is 0 Å². The van der Waals surface area contributed by atoms with Gasteiger partial charge in [0.2, 0.25) is 0 Å². The van der Waals surface area contributed by atoms with Crippen molar-refractivity contribution in [1.29, 1.82) is 0 Å². The number of alkyl halides is 1. The highest BCUT2D eigenvalue weighted by Crippen LogP contribution is 1.59. The van der Waals surface area contributed by atoms with E-state index in [1.165, 1.54) is 7.05 Å². The van der Waals surface area contributed by atoms with Crippen molar-refractivity contribution in [3.05, 3.63) is 0 Å². The van der Waals surface area contributed by atoms with Gasteiger partial charge in [0.1, 0.15) is 0 Å². The maximum atomic E-state index is 5.00. The molecule has 5 heavy (non-hydrogen) atoms. The summed E-state index contributed by atoms with van der Waals surface area (Å²) in [6, 6.07) is 0. The quantitative estimate of drug-likeness (QED) is 0.443. The molecule has 0 aromatic rings. The fourth-order valence-corrected chi connectivity index (χ4v) is 0. The minimum atomic E-state index is 0.722. The predicted octanol–water partition coefficient (Wildman–Crippen LogP) is 0.820. The Morgan fingerprint density at radius 2 is 1.60 bits per heavy atom. The molecule has 0 unspecified atom stereocenters. The molecular weight excluding hydrogens is 85.5 g/mol. The van der Waals surface area contributed by atoms with Crippen LogP contribution in [0.5, 0.6) is 0 Å². The fourth-order valence-electron chi connectivity index (χ4n) is 0. The second kappa shape index (κ2) is 28.7. The van der Waals surface area contributed by atoms with Gasteiger partial charge < -0.3 is 5.73 Å². The maximum absolute atomic E-state index is 5.00. The van der Waals surface area contributed by atoms with E-state index in [1.54, 1.807) is 0 Å². The largest absolute Gasteiger partial charge is 0.333 e. The van der Waals surface area contributed by atoms with Gasteiger partial charge in [-0.1, -0.05) is 6.92 Å². The lowest BCUT2D eigenvalue weighted by molar-refractivity contribution is 1.48. The maximum Gasteiger partial charge on any atom is 0.0195 e. The van der Waals surface area contributed by atoms with Crippen molar-refractivity contribution in [2.45, 2.75) is 6.92 Å². The molecule has 0 radical (unpaired) electrons. The molecule has 0 saturated carbocycles. The Kier molecular flexibility index (Phi) is 51.6. The zero-order chi connectivity index (χ0) is 4.71. The van der Waals surface area contributed by atoms with Crippen molar-refractivity contribution < 1.29 is 0 Å². The summed E-state index contributed by atoms with van der Waals surface area (Å²) in [4.78, 5) is 0. The number of halogens is 1. The first-order valence-corrected chi connectivity index (χ1v) is 2.09. The summed E-state index contributed by atoms with van der Waals surface area (Å²) in [7, 11) is 1.50. The zero-order valence-corrected chi connectivity index (χ0v) is 4.42. The molecule has 0 bridgehead atoms. The third-order valence-electron chi connectivity index (χ3n) is 0. The van der Waals surface area contributed by atoms with Gasteiger partial charge in [-0.05, 0) is 7.05 Å². The van der Waals surface area contributed by atoms with E-state index in [-0.39, 0.29) is 0 Å². The Balaban J connectivity index is 0. The van der Waals surface area contributed by atoms with Crippen LogP contribution in [0.15, 0.2) is 0 Å². The van der Waals surface area contributed by atoms with Gasteiger partial charge in [-0.15, -0.1) is 11.6 Å². The molecule has 0 rings (SSSR count). The van der Waals surface area contributed by atoms with E-state index in [9.17, 15) is 0 Å². The molecule has 0 fully saturated rings. The Morgan fingerprint density at radius 1 is 1.60 bits per heavy atom. The lowest BCUT2D eigenvalue weighted by atomic mass is 11.0. The van der Waals surface area contributed by atoms with Crippen LogP contribution >= 0.6 is 11.6 Å². The molecule has 0 aromatic heterocycles. The second-order valence-electron chi connectivity index (χ2n) is 0.267. The SMILES string of the molecule is CCCl.CN. The zero-order valence-electron chi connectivity index (χ0n) is 3.66. The topological polar surface area (TPSA) is 26.0 Å². The number of hydrogen-bond donors (Lipinski definition) is 1. The minimum Gasteiger partial charge on any atom is -0.333 e. The van der Waals surface area contributed by atoms with Gasteiger partial charge in [0.05, 0.1) is 0 Å². The molecule has 0 amide bonds. The summed E-state index contributed by atoms with van der Waals surface area (Å²) in [6.45, 7) is 1.89. The Labute approximate surface area is 38.1 Å². The fraction of sp³-hybridized carbons (Fsp3) is 1.00. The summed E-state index contributed by atoms with van der Waals surface area (Å²) >= 11 is 5.00. The van der Waals surface area contributed by atoms with E-state index in [1.807, 2.05) is 6.92 Å². The molecule has 0 aliphatic carbocycles. The van der Waals surface area contributed by atoms with Crippen molar-refractivity contribution in [3.8, 4) is 0 Å². The first-order valence-electron chi connectivity index (χ1n) is 1.55.